The van der Waals surface area contributed by atoms with Crippen LogP contribution < -0.4 is 5.32 Å². The Kier molecular flexibility index (Phi) is 4.37. The van der Waals surface area contributed by atoms with E-state index in [1.807, 2.05) is 4.90 Å². The van der Waals surface area contributed by atoms with Crippen LogP contribution in [-0.4, -0.2) is 73.9 Å². The molecule has 30 heavy (non-hydrogen) atoms. The molecule has 5 rings (SSSR count). The van der Waals surface area contributed by atoms with Crippen LogP contribution in [0.4, 0.5) is 23.8 Å². The van der Waals surface area contributed by atoms with E-state index in [0.29, 0.717) is 26.2 Å². The zero-order chi connectivity index (χ0) is 20.9. The number of anilines is 1. The first-order chi connectivity index (χ1) is 14.3. The van der Waals surface area contributed by atoms with Crippen molar-refractivity contribution in [2.24, 2.45) is 0 Å². The number of likely N-dealkylation sites (tertiary alicyclic amines) is 2. The van der Waals surface area contributed by atoms with Crippen LogP contribution in [0.25, 0.3) is 0 Å². The van der Waals surface area contributed by atoms with Gasteiger partial charge in [-0.1, -0.05) is 6.07 Å². The third-order valence-electron chi connectivity index (χ3n) is 6.35. The standard InChI is InChI=1S/C19H22F3N7O/c20-19(21,22)18(4-5-18)26-15-2-1-12(7-23-15)14-9-29(10-14)17(30)28-6-3-13(8-28)16-24-11-25-27-16/h1-2,7,11,13-14H,3-6,8-10H2,(H,23,26)(H,24,25,27)/t13-/m0/s1. The van der Waals surface area contributed by atoms with E-state index >= 15 is 0 Å². The molecule has 0 aromatic carbocycles. The number of H-pyrrole nitrogens is 1. The van der Waals surface area contributed by atoms with Gasteiger partial charge in [-0.25, -0.2) is 14.8 Å². The molecule has 0 bridgehead atoms. The predicted molar refractivity (Wildman–Crippen MR) is 101 cm³/mol. The molecule has 8 nitrogen and oxygen atoms in total. The van der Waals surface area contributed by atoms with Crippen molar-refractivity contribution in [2.75, 3.05) is 31.5 Å². The highest BCUT2D eigenvalue weighted by Crippen LogP contribution is 2.51. The Labute approximate surface area is 170 Å². The van der Waals surface area contributed by atoms with Gasteiger partial charge >= 0.3 is 12.2 Å². The minimum absolute atomic E-state index is 0.0142. The molecule has 2 aromatic heterocycles. The van der Waals surface area contributed by atoms with Crippen LogP contribution in [0.5, 0.6) is 0 Å². The molecule has 4 heterocycles. The van der Waals surface area contributed by atoms with Crippen molar-refractivity contribution < 1.29 is 18.0 Å². The molecule has 2 aliphatic heterocycles. The van der Waals surface area contributed by atoms with Gasteiger partial charge in [0.1, 0.15) is 23.5 Å². The smallest absolute Gasteiger partial charge is 0.356 e. The highest BCUT2D eigenvalue weighted by atomic mass is 19.4. The van der Waals surface area contributed by atoms with Crippen molar-refractivity contribution in [1.29, 1.82) is 0 Å². The van der Waals surface area contributed by atoms with Crippen LogP contribution in [0.3, 0.4) is 0 Å². The lowest BCUT2D eigenvalue weighted by molar-refractivity contribution is -0.151. The highest BCUT2D eigenvalue weighted by Gasteiger charge is 2.63. The highest BCUT2D eigenvalue weighted by molar-refractivity contribution is 5.76. The van der Waals surface area contributed by atoms with Gasteiger partial charge in [-0.15, -0.1) is 0 Å². The van der Waals surface area contributed by atoms with Crippen LogP contribution in [0.1, 0.15) is 42.5 Å². The van der Waals surface area contributed by atoms with Gasteiger partial charge in [-0.2, -0.15) is 18.3 Å². The molecule has 2 saturated heterocycles. The Hall–Kier alpha value is -2.85. The molecule has 1 saturated carbocycles. The van der Waals surface area contributed by atoms with Crippen molar-refractivity contribution in [1.82, 2.24) is 30.0 Å². The van der Waals surface area contributed by atoms with Crippen LogP contribution in [-0.2, 0) is 0 Å². The number of carbonyl (C=O) groups excluding carboxylic acids is 1. The fraction of sp³-hybridized carbons (Fsp3) is 0.579. The monoisotopic (exact) mass is 421 g/mol. The second-order valence-corrected chi connectivity index (χ2v) is 8.37. The zero-order valence-electron chi connectivity index (χ0n) is 16.2. The first-order valence-corrected chi connectivity index (χ1v) is 10.0. The third kappa shape index (κ3) is 3.35. The first kappa shape index (κ1) is 19.1. The summed E-state index contributed by atoms with van der Waals surface area (Å²) in [5.41, 5.74) is -0.886. The maximum absolute atomic E-state index is 13.1. The van der Waals surface area contributed by atoms with Gasteiger partial charge in [0.2, 0.25) is 0 Å². The van der Waals surface area contributed by atoms with Crippen LogP contribution in [0.2, 0.25) is 0 Å². The normalized spacial score (nSPS) is 23.4. The minimum Gasteiger partial charge on any atom is -0.356 e. The average molecular weight is 421 g/mol. The molecular weight excluding hydrogens is 399 g/mol. The van der Waals surface area contributed by atoms with E-state index in [9.17, 15) is 18.0 Å². The predicted octanol–water partition coefficient (Wildman–Crippen LogP) is 2.72. The molecule has 3 aliphatic rings. The van der Waals surface area contributed by atoms with Crippen molar-refractivity contribution in [3.63, 3.8) is 0 Å². The van der Waals surface area contributed by atoms with Crippen LogP contribution in [0, 0.1) is 0 Å². The molecule has 1 atom stereocenters. The van der Waals surface area contributed by atoms with E-state index < -0.39 is 11.7 Å². The third-order valence-corrected chi connectivity index (χ3v) is 6.35. The maximum atomic E-state index is 13.1. The number of aromatic amines is 1. The quantitative estimate of drug-likeness (QED) is 0.792. The van der Waals surface area contributed by atoms with E-state index in [1.165, 1.54) is 6.33 Å². The molecule has 2 aromatic rings. The summed E-state index contributed by atoms with van der Waals surface area (Å²) in [6.45, 7) is 2.48. The Morgan fingerprint density at radius 2 is 1.90 bits per heavy atom. The average Bonchev–Trinajstić information content (AvgIpc) is 3.09. The number of aromatic nitrogens is 4. The van der Waals surface area contributed by atoms with Gasteiger partial charge in [-0.3, -0.25) is 5.10 Å². The number of rotatable bonds is 4. The maximum Gasteiger partial charge on any atom is 0.411 e. The Morgan fingerprint density at radius 3 is 2.50 bits per heavy atom. The number of hydrogen-bond acceptors (Lipinski definition) is 5. The summed E-state index contributed by atoms with van der Waals surface area (Å²) in [5.74, 6) is 1.38. The molecule has 2 N–H and O–H groups in total. The number of pyridine rings is 1. The van der Waals surface area contributed by atoms with Crippen molar-refractivity contribution in [3.05, 3.63) is 36.0 Å². The summed E-state index contributed by atoms with van der Waals surface area (Å²) in [5, 5.41) is 9.27. The Bertz CT molecular complexity index is 905. The fourth-order valence-corrected chi connectivity index (χ4v) is 4.18. The number of nitrogens with one attached hydrogen (secondary N) is 2. The number of amides is 2. The summed E-state index contributed by atoms with van der Waals surface area (Å²) in [7, 11) is 0. The van der Waals surface area contributed by atoms with Gasteiger partial charge in [0.05, 0.1) is 0 Å². The lowest BCUT2D eigenvalue weighted by atomic mass is 9.93. The second-order valence-electron chi connectivity index (χ2n) is 8.37. The second kappa shape index (κ2) is 6.85. The zero-order valence-corrected chi connectivity index (χ0v) is 16.2. The Balaban J connectivity index is 1.13. The van der Waals surface area contributed by atoms with Gasteiger partial charge < -0.3 is 15.1 Å². The molecule has 3 fully saturated rings. The van der Waals surface area contributed by atoms with E-state index in [2.05, 4.69) is 25.5 Å². The van der Waals surface area contributed by atoms with E-state index in [1.54, 1.807) is 23.2 Å². The van der Waals surface area contributed by atoms with Gasteiger partial charge in [0.15, 0.2) is 0 Å². The Morgan fingerprint density at radius 1 is 1.13 bits per heavy atom. The number of alkyl halides is 3. The molecule has 0 spiro atoms. The summed E-state index contributed by atoms with van der Waals surface area (Å²) in [6, 6.07) is 3.40. The summed E-state index contributed by atoms with van der Waals surface area (Å²) >= 11 is 0. The van der Waals surface area contributed by atoms with Crippen LogP contribution >= 0.6 is 0 Å². The van der Waals surface area contributed by atoms with Crippen molar-refractivity contribution in [3.8, 4) is 0 Å². The molecular formula is C19H22F3N7O. The van der Waals surface area contributed by atoms with E-state index in [4.69, 9.17) is 0 Å². The summed E-state index contributed by atoms with van der Waals surface area (Å²) in [6.07, 6.45) is -0.180. The molecule has 2 amide bonds. The number of hydrogen-bond donors (Lipinski definition) is 2. The molecule has 160 valence electrons. The lowest BCUT2D eigenvalue weighted by Crippen LogP contribution is -2.53. The topological polar surface area (TPSA) is 90.0 Å². The van der Waals surface area contributed by atoms with E-state index in [0.717, 1.165) is 17.8 Å². The summed E-state index contributed by atoms with van der Waals surface area (Å²) < 4.78 is 39.2. The number of nitrogens with zero attached hydrogens (tertiary/aromatic N) is 5. The van der Waals surface area contributed by atoms with E-state index in [-0.39, 0.29) is 36.5 Å². The first-order valence-electron chi connectivity index (χ1n) is 10.0. The largest absolute Gasteiger partial charge is 0.411 e. The number of urea groups is 1. The van der Waals surface area contributed by atoms with Gasteiger partial charge in [0, 0.05) is 44.2 Å². The number of halogens is 3. The molecule has 0 radical (unpaired) electrons. The van der Waals surface area contributed by atoms with Crippen molar-refractivity contribution >= 4 is 11.8 Å². The molecule has 11 heteroatoms. The fourth-order valence-electron chi connectivity index (χ4n) is 4.18. The van der Waals surface area contributed by atoms with Gasteiger partial charge in [-0.05, 0) is 30.9 Å². The SMILES string of the molecule is O=C(N1CC(c2ccc(NC3(C(F)(F)F)CC3)nc2)C1)N1CC[C@H](c2ncn[nH]2)C1. The van der Waals surface area contributed by atoms with Crippen molar-refractivity contribution in [2.45, 2.75) is 42.8 Å². The lowest BCUT2D eigenvalue weighted by Gasteiger charge is -2.41. The molecule has 1 aliphatic carbocycles. The minimum atomic E-state index is -4.27. The van der Waals surface area contributed by atoms with Gasteiger partial charge in [0.25, 0.3) is 0 Å². The molecule has 0 unspecified atom stereocenters. The van der Waals surface area contributed by atoms with Crippen LogP contribution in [0.15, 0.2) is 24.7 Å². The summed E-state index contributed by atoms with van der Waals surface area (Å²) in [4.78, 5) is 24.7. The number of carbonyl (C=O) groups is 1.